The van der Waals surface area contributed by atoms with Crippen LogP contribution in [0.15, 0.2) is 24.3 Å². The Morgan fingerprint density at radius 3 is 2.46 bits per heavy atom. The molecule has 0 spiro atoms. The van der Waals surface area contributed by atoms with Gasteiger partial charge in [0.05, 0.1) is 17.9 Å². The van der Waals surface area contributed by atoms with Crippen LogP contribution in [-0.4, -0.2) is 63.0 Å². The van der Waals surface area contributed by atoms with Crippen molar-refractivity contribution in [3.63, 3.8) is 0 Å². The number of carbonyl (C=O) groups is 1. The summed E-state index contributed by atoms with van der Waals surface area (Å²) in [5, 5.41) is 8.00. The average Bonchev–Trinajstić information content (AvgIpc) is 3.01. The molecule has 1 aliphatic rings. The van der Waals surface area contributed by atoms with E-state index in [4.69, 9.17) is 16.3 Å². The summed E-state index contributed by atoms with van der Waals surface area (Å²) in [6, 6.07) is 7.25. The minimum absolute atomic E-state index is 0.159. The molecule has 1 aromatic carbocycles. The number of carbonyl (C=O) groups excluding carboxylic acids is 1. The molecular weight excluding hydrogens is 378 g/mol. The van der Waals surface area contributed by atoms with Gasteiger partial charge in [-0.3, -0.25) is 9.69 Å². The van der Waals surface area contributed by atoms with Crippen LogP contribution in [0, 0.1) is 6.92 Å². The number of halogens is 1. The van der Waals surface area contributed by atoms with E-state index >= 15 is 0 Å². The van der Waals surface area contributed by atoms with Crippen molar-refractivity contribution in [1.82, 2.24) is 25.0 Å². The van der Waals surface area contributed by atoms with Crippen molar-refractivity contribution in [2.24, 2.45) is 0 Å². The Hall–Kier alpha value is -1.96. The summed E-state index contributed by atoms with van der Waals surface area (Å²) < 4.78 is 7.45. The maximum absolute atomic E-state index is 12.6. The Labute approximate surface area is 171 Å². The highest BCUT2D eigenvalue weighted by molar-refractivity contribution is 6.30. The SMILES string of the molecule is Cc1nc(C(=O)NCC(C)(C)N2CC(C)OC(C)C2)nn1-c1ccc(Cl)cc1. The highest BCUT2D eigenvalue weighted by Gasteiger charge is 2.33. The summed E-state index contributed by atoms with van der Waals surface area (Å²) in [6.07, 6.45) is 0.358. The molecule has 0 radical (unpaired) electrons. The zero-order valence-corrected chi connectivity index (χ0v) is 17.8. The second kappa shape index (κ2) is 8.19. The second-order valence-corrected chi connectivity index (χ2v) is 8.46. The number of hydrogen-bond acceptors (Lipinski definition) is 5. The molecule has 1 aromatic heterocycles. The first kappa shape index (κ1) is 20.8. The summed E-state index contributed by atoms with van der Waals surface area (Å²) in [4.78, 5) is 19.3. The fourth-order valence-electron chi connectivity index (χ4n) is 3.47. The molecule has 2 aromatic rings. The summed E-state index contributed by atoms with van der Waals surface area (Å²) >= 11 is 5.94. The van der Waals surface area contributed by atoms with Crippen molar-refractivity contribution in [3.05, 3.63) is 40.9 Å². The van der Waals surface area contributed by atoms with Gasteiger partial charge in [0.15, 0.2) is 0 Å². The van der Waals surface area contributed by atoms with Gasteiger partial charge in [0.2, 0.25) is 5.82 Å². The molecule has 0 bridgehead atoms. The van der Waals surface area contributed by atoms with Gasteiger partial charge in [-0.25, -0.2) is 9.67 Å². The zero-order chi connectivity index (χ0) is 20.5. The summed E-state index contributed by atoms with van der Waals surface area (Å²) in [6.45, 7) is 12.4. The van der Waals surface area contributed by atoms with Gasteiger partial charge in [-0.1, -0.05) is 11.6 Å². The lowest BCUT2D eigenvalue weighted by molar-refractivity contribution is -0.0948. The van der Waals surface area contributed by atoms with Gasteiger partial charge < -0.3 is 10.1 Å². The van der Waals surface area contributed by atoms with Gasteiger partial charge in [-0.15, -0.1) is 5.10 Å². The molecule has 28 heavy (non-hydrogen) atoms. The van der Waals surface area contributed by atoms with E-state index in [9.17, 15) is 4.79 Å². The van der Waals surface area contributed by atoms with Crippen molar-refractivity contribution < 1.29 is 9.53 Å². The molecule has 1 amide bonds. The van der Waals surface area contributed by atoms with Gasteiger partial charge >= 0.3 is 0 Å². The van der Waals surface area contributed by atoms with Gasteiger partial charge in [-0.05, 0) is 58.9 Å². The van der Waals surface area contributed by atoms with Gasteiger partial charge in [-0.2, -0.15) is 0 Å². The summed E-state index contributed by atoms with van der Waals surface area (Å²) in [5.74, 6) is 0.521. The number of rotatable bonds is 5. The molecule has 1 N–H and O–H groups in total. The number of morpholine rings is 1. The Morgan fingerprint density at radius 2 is 1.86 bits per heavy atom. The highest BCUT2D eigenvalue weighted by Crippen LogP contribution is 2.21. The number of nitrogens with one attached hydrogen (secondary N) is 1. The van der Waals surface area contributed by atoms with E-state index in [2.05, 4.69) is 48.0 Å². The van der Waals surface area contributed by atoms with Crippen LogP contribution in [0.1, 0.15) is 44.1 Å². The fraction of sp³-hybridized carbons (Fsp3) is 0.550. The van der Waals surface area contributed by atoms with Crippen LogP contribution < -0.4 is 5.32 Å². The average molecular weight is 406 g/mol. The third kappa shape index (κ3) is 4.71. The summed E-state index contributed by atoms with van der Waals surface area (Å²) in [7, 11) is 0. The monoisotopic (exact) mass is 405 g/mol. The van der Waals surface area contributed by atoms with E-state index in [1.807, 2.05) is 19.1 Å². The number of aryl methyl sites for hydroxylation is 1. The molecule has 1 aliphatic heterocycles. The van der Waals surface area contributed by atoms with Crippen molar-refractivity contribution in [2.75, 3.05) is 19.6 Å². The zero-order valence-electron chi connectivity index (χ0n) is 17.1. The van der Waals surface area contributed by atoms with Crippen LogP contribution in [0.2, 0.25) is 5.02 Å². The van der Waals surface area contributed by atoms with E-state index in [1.165, 1.54) is 0 Å². The molecular formula is C20H28ClN5O2. The Morgan fingerprint density at radius 1 is 1.25 bits per heavy atom. The molecule has 0 aliphatic carbocycles. The maximum Gasteiger partial charge on any atom is 0.291 e. The molecule has 7 nitrogen and oxygen atoms in total. The Bertz CT molecular complexity index is 824. The lowest BCUT2D eigenvalue weighted by Gasteiger charge is -2.45. The largest absolute Gasteiger partial charge is 0.373 e. The Balaban J connectivity index is 1.66. The molecule has 2 heterocycles. The third-order valence-corrected chi connectivity index (χ3v) is 5.25. The molecule has 2 atom stereocenters. The molecule has 1 saturated heterocycles. The van der Waals surface area contributed by atoms with Crippen LogP contribution >= 0.6 is 11.6 Å². The topological polar surface area (TPSA) is 72.3 Å². The third-order valence-electron chi connectivity index (χ3n) is 5.00. The van der Waals surface area contributed by atoms with Crippen LogP contribution in [0.4, 0.5) is 0 Å². The van der Waals surface area contributed by atoms with Crippen molar-refractivity contribution >= 4 is 17.5 Å². The normalized spacial score (nSPS) is 20.9. The molecule has 8 heteroatoms. The van der Waals surface area contributed by atoms with E-state index in [0.29, 0.717) is 17.4 Å². The minimum atomic E-state index is -0.279. The van der Waals surface area contributed by atoms with Crippen LogP contribution in [0.3, 0.4) is 0 Å². The fourth-order valence-corrected chi connectivity index (χ4v) is 3.60. The minimum Gasteiger partial charge on any atom is -0.373 e. The van der Waals surface area contributed by atoms with E-state index in [0.717, 1.165) is 18.8 Å². The molecule has 0 saturated carbocycles. The Kier molecular flexibility index (Phi) is 6.07. The molecule has 3 rings (SSSR count). The number of amides is 1. The lowest BCUT2D eigenvalue weighted by Crippen LogP contribution is -2.58. The van der Waals surface area contributed by atoms with Gasteiger partial charge in [0.25, 0.3) is 5.91 Å². The van der Waals surface area contributed by atoms with Crippen molar-refractivity contribution in [1.29, 1.82) is 0 Å². The quantitative estimate of drug-likeness (QED) is 0.828. The van der Waals surface area contributed by atoms with E-state index in [-0.39, 0.29) is 29.5 Å². The van der Waals surface area contributed by atoms with Crippen LogP contribution in [-0.2, 0) is 4.74 Å². The number of ether oxygens (including phenoxy) is 1. The first-order valence-electron chi connectivity index (χ1n) is 9.54. The van der Waals surface area contributed by atoms with Crippen LogP contribution in [0.5, 0.6) is 0 Å². The molecule has 152 valence electrons. The first-order valence-corrected chi connectivity index (χ1v) is 9.92. The number of nitrogens with zero attached hydrogens (tertiary/aromatic N) is 4. The van der Waals surface area contributed by atoms with E-state index in [1.54, 1.807) is 16.8 Å². The molecule has 2 unspecified atom stereocenters. The standard InChI is InChI=1S/C20H28ClN5O2/c1-13-10-25(11-14(2)28-13)20(4,5)12-22-19(27)18-23-15(3)26(24-18)17-8-6-16(21)7-9-17/h6-9,13-14H,10-12H2,1-5H3,(H,22,27). The number of benzene rings is 1. The highest BCUT2D eigenvalue weighted by atomic mass is 35.5. The van der Waals surface area contributed by atoms with Crippen molar-refractivity contribution in [2.45, 2.75) is 52.4 Å². The van der Waals surface area contributed by atoms with Gasteiger partial charge in [0, 0.05) is 30.2 Å². The maximum atomic E-state index is 12.6. The summed E-state index contributed by atoms with van der Waals surface area (Å²) in [5.41, 5.74) is 0.612. The van der Waals surface area contributed by atoms with Crippen LogP contribution in [0.25, 0.3) is 5.69 Å². The van der Waals surface area contributed by atoms with Crippen molar-refractivity contribution in [3.8, 4) is 5.69 Å². The first-order chi connectivity index (χ1) is 13.2. The predicted octanol–water partition coefficient (Wildman–Crippen LogP) is 2.85. The lowest BCUT2D eigenvalue weighted by atomic mass is 10.00. The second-order valence-electron chi connectivity index (χ2n) is 8.03. The molecule has 1 fully saturated rings. The van der Waals surface area contributed by atoms with E-state index < -0.39 is 0 Å². The number of hydrogen-bond donors (Lipinski definition) is 1. The number of aromatic nitrogens is 3. The van der Waals surface area contributed by atoms with Gasteiger partial charge in [0.1, 0.15) is 5.82 Å². The smallest absolute Gasteiger partial charge is 0.291 e. The predicted molar refractivity (Wildman–Crippen MR) is 109 cm³/mol.